The number of benzene rings is 2. The van der Waals surface area contributed by atoms with Gasteiger partial charge in [0.1, 0.15) is 17.4 Å². The summed E-state index contributed by atoms with van der Waals surface area (Å²) in [5.74, 6) is -1.22. The molecule has 1 fully saturated rings. The molecule has 5 nitrogen and oxygen atoms in total. The fourth-order valence-corrected chi connectivity index (χ4v) is 3.01. The van der Waals surface area contributed by atoms with E-state index < -0.39 is 23.6 Å². The summed E-state index contributed by atoms with van der Waals surface area (Å²) in [6.07, 6.45) is 1.41. The van der Waals surface area contributed by atoms with Crippen molar-refractivity contribution in [1.82, 2.24) is 5.32 Å². The molecule has 0 bridgehead atoms. The van der Waals surface area contributed by atoms with E-state index in [1.165, 1.54) is 6.07 Å². The summed E-state index contributed by atoms with van der Waals surface area (Å²) in [5, 5.41) is 2.61. The standard InChI is InChI=1S/C20H20F2N2O3/c1-13(17-9-4-14(21)11-18(17)22)23-19(25)12-27-16-7-5-15(6-8-16)24-10-2-3-20(24)26/h4-9,11,13H,2-3,10,12H2,1H3,(H,23,25)/t13-/m1/s1. The molecular weight excluding hydrogens is 354 g/mol. The van der Waals surface area contributed by atoms with Gasteiger partial charge in [0.25, 0.3) is 5.91 Å². The normalized spacial score (nSPS) is 14.9. The molecule has 1 heterocycles. The SMILES string of the molecule is C[C@@H](NC(=O)COc1ccc(N2CCCC2=O)cc1)c1ccc(F)cc1F. The Kier molecular flexibility index (Phi) is 5.69. The first-order valence-corrected chi connectivity index (χ1v) is 8.71. The van der Waals surface area contributed by atoms with E-state index in [4.69, 9.17) is 4.74 Å². The Labute approximate surface area is 155 Å². The van der Waals surface area contributed by atoms with Gasteiger partial charge in [0.2, 0.25) is 5.91 Å². The minimum atomic E-state index is -0.712. The topological polar surface area (TPSA) is 58.6 Å². The number of anilines is 1. The number of carbonyl (C=O) groups excluding carboxylic acids is 2. The second kappa shape index (κ2) is 8.16. The van der Waals surface area contributed by atoms with Crippen molar-refractivity contribution in [3.05, 3.63) is 59.7 Å². The van der Waals surface area contributed by atoms with Crippen LogP contribution in [0.15, 0.2) is 42.5 Å². The molecule has 0 aromatic heterocycles. The molecule has 1 atom stereocenters. The molecule has 0 aliphatic carbocycles. The molecule has 2 aromatic rings. The van der Waals surface area contributed by atoms with E-state index in [0.29, 0.717) is 18.7 Å². The smallest absolute Gasteiger partial charge is 0.258 e. The molecule has 3 rings (SSSR count). The fourth-order valence-electron chi connectivity index (χ4n) is 3.01. The number of amides is 2. The molecule has 0 saturated carbocycles. The Hall–Kier alpha value is -2.96. The van der Waals surface area contributed by atoms with Crippen LogP contribution in [-0.4, -0.2) is 25.0 Å². The molecule has 142 valence electrons. The molecular formula is C20H20F2N2O3. The maximum atomic E-state index is 13.7. The summed E-state index contributed by atoms with van der Waals surface area (Å²) in [4.78, 5) is 25.5. The molecule has 1 N–H and O–H groups in total. The van der Waals surface area contributed by atoms with E-state index in [1.54, 1.807) is 36.1 Å². The third-order valence-corrected chi connectivity index (χ3v) is 4.40. The van der Waals surface area contributed by atoms with Crippen LogP contribution in [0.5, 0.6) is 5.75 Å². The van der Waals surface area contributed by atoms with Gasteiger partial charge >= 0.3 is 0 Å². The Morgan fingerprint density at radius 2 is 1.96 bits per heavy atom. The number of hydrogen-bond donors (Lipinski definition) is 1. The number of hydrogen-bond acceptors (Lipinski definition) is 3. The molecule has 1 saturated heterocycles. The molecule has 2 amide bonds. The van der Waals surface area contributed by atoms with E-state index in [1.807, 2.05) is 0 Å². The zero-order valence-corrected chi connectivity index (χ0v) is 14.9. The van der Waals surface area contributed by atoms with Crippen molar-refractivity contribution in [1.29, 1.82) is 0 Å². The molecule has 7 heteroatoms. The van der Waals surface area contributed by atoms with E-state index in [2.05, 4.69) is 5.32 Å². The van der Waals surface area contributed by atoms with Crippen molar-refractivity contribution in [3.63, 3.8) is 0 Å². The van der Waals surface area contributed by atoms with Crippen molar-refractivity contribution in [2.45, 2.75) is 25.8 Å². The van der Waals surface area contributed by atoms with Gasteiger partial charge in [0, 0.05) is 30.3 Å². The Morgan fingerprint density at radius 3 is 2.59 bits per heavy atom. The largest absolute Gasteiger partial charge is 0.484 e. The molecule has 1 aliphatic heterocycles. The lowest BCUT2D eigenvalue weighted by molar-refractivity contribution is -0.123. The number of ether oxygens (including phenoxy) is 1. The van der Waals surface area contributed by atoms with Crippen LogP contribution >= 0.6 is 0 Å². The zero-order chi connectivity index (χ0) is 19.4. The molecule has 0 spiro atoms. The van der Waals surface area contributed by atoms with Crippen LogP contribution in [0.1, 0.15) is 31.4 Å². The quantitative estimate of drug-likeness (QED) is 0.844. The van der Waals surface area contributed by atoms with Crippen molar-refractivity contribution < 1.29 is 23.1 Å². The van der Waals surface area contributed by atoms with Crippen molar-refractivity contribution in [3.8, 4) is 5.75 Å². The number of halogens is 2. The second-order valence-electron chi connectivity index (χ2n) is 6.39. The molecule has 1 aliphatic rings. The number of nitrogens with zero attached hydrogens (tertiary/aromatic N) is 1. The monoisotopic (exact) mass is 374 g/mol. The third-order valence-electron chi connectivity index (χ3n) is 4.40. The summed E-state index contributed by atoms with van der Waals surface area (Å²) in [7, 11) is 0. The Bertz CT molecular complexity index is 840. The lowest BCUT2D eigenvalue weighted by Crippen LogP contribution is -2.31. The van der Waals surface area contributed by atoms with Crippen LogP contribution in [0.4, 0.5) is 14.5 Å². The van der Waals surface area contributed by atoms with Gasteiger partial charge in [-0.15, -0.1) is 0 Å². The Morgan fingerprint density at radius 1 is 1.22 bits per heavy atom. The highest BCUT2D eigenvalue weighted by atomic mass is 19.1. The highest BCUT2D eigenvalue weighted by Gasteiger charge is 2.21. The van der Waals surface area contributed by atoms with Crippen LogP contribution in [0.25, 0.3) is 0 Å². The minimum absolute atomic E-state index is 0.102. The summed E-state index contributed by atoms with van der Waals surface area (Å²) in [6, 6.07) is 9.53. The average Bonchev–Trinajstić information content (AvgIpc) is 3.06. The number of carbonyl (C=O) groups is 2. The molecule has 27 heavy (non-hydrogen) atoms. The third kappa shape index (κ3) is 4.61. The van der Waals surface area contributed by atoms with Gasteiger partial charge in [-0.25, -0.2) is 8.78 Å². The van der Waals surface area contributed by atoms with Gasteiger partial charge in [-0.3, -0.25) is 9.59 Å². The highest BCUT2D eigenvalue weighted by Crippen LogP contribution is 2.24. The Balaban J connectivity index is 1.52. The highest BCUT2D eigenvalue weighted by molar-refractivity contribution is 5.95. The van der Waals surface area contributed by atoms with Gasteiger partial charge in [0.05, 0.1) is 6.04 Å². The summed E-state index contributed by atoms with van der Waals surface area (Å²) < 4.78 is 32.1. The first-order chi connectivity index (χ1) is 12.9. The maximum Gasteiger partial charge on any atom is 0.258 e. The summed E-state index contributed by atoms with van der Waals surface area (Å²) >= 11 is 0. The lowest BCUT2D eigenvalue weighted by atomic mass is 10.1. The first-order valence-electron chi connectivity index (χ1n) is 8.71. The number of rotatable bonds is 6. The van der Waals surface area contributed by atoms with Crippen molar-refractivity contribution >= 4 is 17.5 Å². The van der Waals surface area contributed by atoms with E-state index in [9.17, 15) is 18.4 Å². The predicted molar refractivity (Wildman–Crippen MR) is 96.4 cm³/mol. The van der Waals surface area contributed by atoms with Gasteiger partial charge in [-0.2, -0.15) is 0 Å². The van der Waals surface area contributed by atoms with E-state index >= 15 is 0 Å². The molecule has 0 radical (unpaired) electrons. The van der Waals surface area contributed by atoms with Crippen molar-refractivity contribution in [2.75, 3.05) is 18.1 Å². The first kappa shape index (κ1) is 18.8. The van der Waals surface area contributed by atoms with E-state index in [0.717, 1.165) is 24.2 Å². The molecule has 2 aromatic carbocycles. The fraction of sp³-hybridized carbons (Fsp3) is 0.300. The van der Waals surface area contributed by atoms with Gasteiger partial charge in [-0.1, -0.05) is 6.07 Å². The molecule has 0 unspecified atom stereocenters. The average molecular weight is 374 g/mol. The predicted octanol–water partition coefficient (Wildman–Crippen LogP) is 3.35. The van der Waals surface area contributed by atoms with Gasteiger partial charge in [0.15, 0.2) is 6.61 Å². The van der Waals surface area contributed by atoms with Crippen LogP contribution in [0, 0.1) is 11.6 Å². The van der Waals surface area contributed by atoms with Crippen molar-refractivity contribution in [2.24, 2.45) is 0 Å². The lowest BCUT2D eigenvalue weighted by Gasteiger charge is -2.17. The van der Waals surface area contributed by atoms with Gasteiger partial charge < -0.3 is 15.0 Å². The van der Waals surface area contributed by atoms with Crippen LogP contribution in [0.3, 0.4) is 0 Å². The zero-order valence-electron chi connectivity index (χ0n) is 14.9. The van der Waals surface area contributed by atoms with Gasteiger partial charge in [-0.05, 0) is 43.7 Å². The minimum Gasteiger partial charge on any atom is -0.484 e. The number of nitrogens with one attached hydrogen (secondary N) is 1. The summed E-state index contributed by atoms with van der Waals surface area (Å²) in [5.41, 5.74) is 0.999. The van der Waals surface area contributed by atoms with E-state index in [-0.39, 0.29) is 18.1 Å². The maximum absolute atomic E-state index is 13.7. The van der Waals surface area contributed by atoms with Crippen LogP contribution < -0.4 is 15.0 Å². The second-order valence-corrected chi connectivity index (χ2v) is 6.39. The van der Waals surface area contributed by atoms with Crippen LogP contribution in [0.2, 0.25) is 0 Å². The van der Waals surface area contributed by atoms with Crippen LogP contribution in [-0.2, 0) is 9.59 Å². The summed E-state index contributed by atoms with van der Waals surface area (Å²) in [6.45, 7) is 2.07.